The van der Waals surface area contributed by atoms with Crippen LogP contribution >= 0.6 is 0 Å². The van der Waals surface area contributed by atoms with E-state index >= 15 is 0 Å². The van der Waals surface area contributed by atoms with E-state index in [9.17, 15) is 14.4 Å². The second kappa shape index (κ2) is 13.3. The summed E-state index contributed by atoms with van der Waals surface area (Å²) in [6, 6.07) is 27.0. The van der Waals surface area contributed by atoms with Crippen LogP contribution < -0.4 is 16.0 Å². The fourth-order valence-corrected chi connectivity index (χ4v) is 7.12. The molecule has 3 aromatic rings. The Balaban J connectivity index is 1.12. The average Bonchev–Trinajstić information content (AvgIpc) is 3.51. The van der Waals surface area contributed by atoms with Crippen LogP contribution in [0.1, 0.15) is 66.1 Å². The van der Waals surface area contributed by atoms with Crippen LogP contribution in [0.15, 0.2) is 84.9 Å². The Labute approximate surface area is 253 Å². The number of ether oxygens (including phenoxy) is 1. The van der Waals surface area contributed by atoms with Gasteiger partial charge in [0.05, 0.1) is 12.0 Å². The minimum Gasteiger partial charge on any atom is -0.445 e. The van der Waals surface area contributed by atoms with Crippen LogP contribution in [0, 0.1) is 11.8 Å². The van der Waals surface area contributed by atoms with Crippen LogP contribution in [0.5, 0.6) is 0 Å². The molecule has 1 saturated heterocycles. The van der Waals surface area contributed by atoms with Crippen molar-refractivity contribution in [2.24, 2.45) is 11.8 Å². The van der Waals surface area contributed by atoms with Crippen LogP contribution in [-0.2, 0) is 16.1 Å². The van der Waals surface area contributed by atoms with Gasteiger partial charge in [-0.05, 0) is 55.0 Å². The number of rotatable bonds is 8. The summed E-state index contributed by atoms with van der Waals surface area (Å²) in [5.74, 6) is 0.0129. The van der Waals surface area contributed by atoms with Crippen LogP contribution in [0.25, 0.3) is 0 Å². The molecule has 3 amide bonds. The topological polar surface area (TPSA) is 99.8 Å². The van der Waals surface area contributed by atoms with E-state index in [1.807, 2.05) is 72.8 Å². The molecule has 3 aliphatic rings. The van der Waals surface area contributed by atoms with Crippen molar-refractivity contribution in [1.82, 2.24) is 15.5 Å². The molecule has 0 aromatic heterocycles. The van der Waals surface area contributed by atoms with Crippen molar-refractivity contribution in [2.45, 2.75) is 63.3 Å². The van der Waals surface area contributed by atoms with Gasteiger partial charge < -0.3 is 25.6 Å². The van der Waals surface area contributed by atoms with E-state index < -0.39 is 6.09 Å². The number of nitrogens with zero attached hydrogens (tertiary/aromatic N) is 1. The summed E-state index contributed by atoms with van der Waals surface area (Å²) in [4.78, 5) is 41.7. The quantitative estimate of drug-likeness (QED) is 0.319. The van der Waals surface area contributed by atoms with Crippen molar-refractivity contribution >= 4 is 23.6 Å². The van der Waals surface area contributed by atoms with E-state index in [1.165, 1.54) is 0 Å². The molecular weight excluding hydrogens is 540 g/mol. The molecule has 6 rings (SSSR count). The van der Waals surface area contributed by atoms with Crippen LogP contribution in [-0.4, -0.2) is 48.0 Å². The number of likely N-dealkylation sites (tertiary alicyclic amines) is 1. The first-order chi connectivity index (χ1) is 21.1. The highest BCUT2D eigenvalue weighted by Gasteiger charge is 2.48. The molecule has 3 N–H and O–H groups in total. The van der Waals surface area contributed by atoms with Crippen LogP contribution in [0.2, 0.25) is 0 Å². The number of amides is 3. The Kier molecular flexibility index (Phi) is 8.91. The fourth-order valence-electron chi connectivity index (χ4n) is 7.12. The summed E-state index contributed by atoms with van der Waals surface area (Å²) in [6.07, 6.45) is 4.76. The highest BCUT2D eigenvalue weighted by Crippen LogP contribution is 2.48. The number of carbonyl (C=O) groups is 3. The molecule has 2 fully saturated rings. The van der Waals surface area contributed by atoms with Gasteiger partial charge in [0.1, 0.15) is 6.61 Å². The second-order valence-electron chi connectivity index (χ2n) is 11.9. The standard InChI is InChI=1S/C35H40N4O4/c40-33(25-13-5-2-6-14-25)38-30-18-10-8-16-28(30)34(41)39-22-20-27-31(37-29-17-9-7-15-26(29)32(27)39)19-21-36-35(42)43-23-24-11-3-1-4-12-24/h1-7,9,11-15,17,27-28,30-32,37H,8,10,16,18-23H2,(H,36,42)(H,38,40)/t27-,28+,30-,31+,32+/m1/s1. The lowest BCUT2D eigenvalue weighted by Crippen LogP contribution is -2.50. The lowest BCUT2D eigenvalue weighted by Gasteiger charge is -2.42. The van der Waals surface area contributed by atoms with Crippen molar-refractivity contribution in [3.8, 4) is 0 Å². The number of hydrogen-bond acceptors (Lipinski definition) is 5. The zero-order valence-electron chi connectivity index (χ0n) is 24.4. The molecule has 2 aliphatic heterocycles. The van der Waals surface area contributed by atoms with Crippen molar-refractivity contribution in [2.75, 3.05) is 18.4 Å². The van der Waals surface area contributed by atoms with Gasteiger partial charge in [-0.25, -0.2) is 4.79 Å². The van der Waals surface area contributed by atoms with Gasteiger partial charge in [0.25, 0.3) is 5.91 Å². The number of fused-ring (bicyclic) bond motifs is 3. The van der Waals surface area contributed by atoms with E-state index in [2.05, 4.69) is 33.0 Å². The molecule has 3 aromatic carbocycles. The summed E-state index contributed by atoms with van der Waals surface area (Å²) >= 11 is 0. The van der Waals surface area contributed by atoms with Gasteiger partial charge in [0.2, 0.25) is 5.91 Å². The summed E-state index contributed by atoms with van der Waals surface area (Å²) in [7, 11) is 0. The molecule has 1 saturated carbocycles. The number of benzene rings is 3. The second-order valence-corrected chi connectivity index (χ2v) is 11.9. The number of anilines is 1. The highest BCUT2D eigenvalue weighted by molar-refractivity contribution is 5.95. The Bertz CT molecular complexity index is 1420. The van der Waals surface area contributed by atoms with Crippen molar-refractivity contribution < 1.29 is 19.1 Å². The molecule has 5 atom stereocenters. The SMILES string of the molecule is O=C(NCC[C@@H]1Nc2ccccc2[C@H]2[C@@H]1CCN2C(=O)[C@H]1CCCC[C@H]1NC(=O)c1ccccc1)OCc1ccccc1. The largest absolute Gasteiger partial charge is 0.445 e. The Morgan fingerprint density at radius 3 is 2.40 bits per heavy atom. The van der Waals surface area contributed by atoms with Gasteiger partial charge in [-0.2, -0.15) is 0 Å². The fraction of sp³-hybridized carbons (Fsp3) is 0.400. The van der Waals surface area contributed by atoms with Gasteiger partial charge in [0, 0.05) is 42.3 Å². The number of hydrogen-bond donors (Lipinski definition) is 3. The molecule has 0 spiro atoms. The molecule has 224 valence electrons. The molecular formula is C35H40N4O4. The number of nitrogens with one attached hydrogen (secondary N) is 3. The zero-order chi connectivity index (χ0) is 29.6. The first kappa shape index (κ1) is 28.8. The van der Waals surface area contributed by atoms with Gasteiger partial charge in [-0.3, -0.25) is 9.59 Å². The third-order valence-electron chi connectivity index (χ3n) is 9.24. The van der Waals surface area contributed by atoms with Crippen molar-refractivity contribution in [3.05, 3.63) is 102 Å². The van der Waals surface area contributed by atoms with Crippen molar-refractivity contribution in [1.29, 1.82) is 0 Å². The smallest absolute Gasteiger partial charge is 0.407 e. The summed E-state index contributed by atoms with van der Waals surface area (Å²) in [6.45, 7) is 1.39. The summed E-state index contributed by atoms with van der Waals surface area (Å²) < 4.78 is 5.39. The van der Waals surface area contributed by atoms with Crippen LogP contribution in [0.4, 0.5) is 10.5 Å². The number of carbonyl (C=O) groups excluding carboxylic acids is 3. The van der Waals surface area contributed by atoms with E-state index in [0.29, 0.717) is 18.7 Å². The molecule has 0 radical (unpaired) electrons. The van der Waals surface area contributed by atoms with Crippen molar-refractivity contribution in [3.63, 3.8) is 0 Å². The maximum atomic E-state index is 14.3. The molecule has 0 unspecified atom stereocenters. The molecule has 1 aliphatic carbocycles. The van der Waals surface area contributed by atoms with E-state index in [0.717, 1.165) is 55.3 Å². The molecule has 43 heavy (non-hydrogen) atoms. The maximum absolute atomic E-state index is 14.3. The minimum atomic E-state index is -0.430. The Morgan fingerprint density at radius 2 is 1.58 bits per heavy atom. The van der Waals surface area contributed by atoms with E-state index in [-0.39, 0.29) is 48.4 Å². The Morgan fingerprint density at radius 1 is 0.860 bits per heavy atom. The lowest BCUT2D eigenvalue weighted by atomic mass is 9.80. The van der Waals surface area contributed by atoms with Gasteiger partial charge >= 0.3 is 6.09 Å². The zero-order valence-corrected chi connectivity index (χ0v) is 24.4. The summed E-state index contributed by atoms with van der Waals surface area (Å²) in [5, 5.41) is 9.81. The Hall–Kier alpha value is -4.33. The highest BCUT2D eigenvalue weighted by atomic mass is 16.5. The van der Waals surface area contributed by atoms with Crippen LogP contribution in [0.3, 0.4) is 0 Å². The van der Waals surface area contributed by atoms with Gasteiger partial charge in [-0.15, -0.1) is 0 Å². The first-order valence-corrected chi connectivity index (χ1v) is 15.5. The third-order valence-corrected chi connectivity index (χ3v) is 9.24. The number of para-hydroxylation sites is 1. The van der Waals surface area contributed by atoms with E-state index in [4.69, 9.17) is 4.74 Å². The predicted molar refractivity (Wildman–Crippen MR) is 165 cm³/mol. The third kappa shape index (κ3) is 6.53. The van der Waals surface area contributed by atoms with Gasteiger partial charge in [0.15, 0.2) is 0 Å². The number of alkyl carbamates (subject to hydrolysis) is 1. The normalized spacial score (nSPS) is 24.2. The molecule has 2 heterocycles. The predicted octanol–water partition coefficient (Wildman–Crippen LogP) is 5.68. The monoisotopic (exact) mass is 580 g/mol. The lowest BCUT2D eigenvalue weighted by molar-refractivity contribution is -0.138. The first-order valence-electron chi connectivity index (χ1n) is 15.5. The molecule has 0 bridgehead atoms. The van der Waals surface area contributed by atoms with Gasteiger partial charge in [-0.1, -0.05) is 79.6 Å². The molecule has 8 heteroatoms. The van der Waals surface area contributed by atoms with E-state index in [1.54, 1.807) is 0 Å². The average molecular weight is 581 g/mol. The summed E-state index contributed by atoms with van der Waals surface area (Å²) in [5.41, 5.74) is 3.75. The minimum absolute atomic E-state index is 0.0348. The molecule has 8 nitrogen and oxygen atoms in total. The maximum Gasteiger partial charge on any atom is 0.407 e.